The molecule has 0 amide bonds. The van der Waals surface area contributed by atoms with Crippen LogP contribution in [0.3, 0.4) is 0 Å². The highest BCUT2D eigenvalue weighted by Crippen LogP contribution is 2.12. The molecule has 0 radical (unpaired) electrons. The van der Waals surface area contributed by atoms with Crippen molar-refractivity contribution in [2.45, 2.75) is 11.8 Å². The first-order valence-corrected chi connectivity index (χ1v) is 7.02. The number of rotatable bonds is 5. The zero-order valence-corrected chi connectivity index (χ0v) is 12.0. The lowest BCUT2D eigenvalue weighted by Crippen LogP contribution is -2.21. The van der Waals surface area contributed by atoms with Crippen LogP contribution in [0.25, 0.3) is 0 Å². The number of pyridine rings is 2. The lowest BCUT2D eigenvalue weighted by molar-refractivity contribution is 0.857. The molecule has 0 aliphatic heterocycles. The number of nitrogens with zero attached hydrogens (tertiary/aromatic N) is 3. The maximum absolute atomic E-state index is 4.45. The van der Waals surface area contributed by atoms with Gasteiger partial charge in [0.05, 0.1) is 0 Å². The van der Waals surface area contributed by atoms with Gasteiger partial charge >= 0.3 is 0 Å². The van der Waals surface area contributed by atoms with E-state index in [9.17, 15) is 0 Å². The first-order chi connectivity index (χ1) is 8.79. The minimum Gasteiger partial charge on any atom is -0.359 e. The molecule has 0 N–H and O–H groups in total. The van der Waals surface area contributed by atoms with E-state index in [1.807, 2.05) is 18.6 Å². The predicted molar refractivity (Wildman–Crippen MR) is 78.1 cm³/mol. The molecule has 2 rings (SSSR count). The Balaban J connectivity index is 1.93. The first kappa shape index (κ1) is 13.0. The predicted octanol–water partition coefficient (Wildman–Crippen LogP) is 3.05. The van der Waals surface area contributed by atoms with Crippen molar-refractivity contribution in [3.05, 3.63) is 54.0 Å². The van der Waals surface area contributed by atoms with Crippen LogP contribution in [0.2, 0.25) is 0 Å². The Morgan fingerprint density at radius 3 is 2.50 bits per heavy atom. The standard InChI is InChI=1S/C14H16BrN3/c1-18(9-6-12-4-7-16-8-5-12)14-3-2-13(10-15)11-17-14/h2-5,7-8,11H,6,9-10H2,1H3. The number of hydrogen-bond donors (Lipinski definition) is 0. The van der Waals surface area contributed by atoms with Crippen molar-refractivity contribution in [2.24, 2.45) is 0 Å². The minimum atomic E-state index is 0.848. The van der Waals surface area contributed by atoms with Gasteiger partial charge in [-0.1, -0.05) is 22.0 Å². The monoisotopic (exact) mass is 305 g/mol. The van der Waals surface area contributed by atoms with E-state index in [0.717, 1.165) is 24.1 Å². The molecule has 0 unspecified atom stereocenters. The van der Waals surface area contributed by atoms with Crippen molar-refractivity contribution in [2.75, 3.05) is 18.5 Å². The van der Waals surface area contributed by atoms with Crippen molar-refractivity contribution in [1.29, 1.82) is 0 Å². The summed E-state index contributed by atoms with van der Waals surface area (Å²) in [4.78, 5) is 10.6. The van der Waals surface area contributed by atoms with Crippen LogP contribution < -0.4 is 4.90 Å². The zero-order chi connectivity index (χ0) is 12.8. The SMILES string of the molecule is CN(CCc1ccncc1)c1ccc(CBr)cn1. The smallest absolute Gasteiger partial charge is 0.128 e. The third-order valence-electron chi connectivity index (χ3n) is 2.84. The van der Waals surface area contributed by atoms with Gasteiger partial charge in [-0.15, -0.1) is 0 Å². The fourth-order valence-corrected chi connectivity index (χ4v) is 2.01. The zero-order valence-electron chi connectivity index (χ0n) is 10.4. The van der Waals surface area contributed by atoms with Gasteiger partial charge in [0.15, 0.2) is 0 Å². The van der Waals surface area contributed by atoms with Gasteiger partial charge in [0.25, 0.3) is 0 Å². The summed E-state index contributed by atoms with van der Waals surface area (Å²) in [5.41, 5.74) is 2.50. The number of likely N-dealkylation sites (N-methyl/N-ethyl adjacent to an activating group) is 1. The van der Waals surface area contributed by atoms with Crippen LogP contribution >= 0.6 is 15.9 Å². The molecule has 2 heterocycles. The molecule has 0 spiro atoms. The van der Waals surface area contributed by atoms with Crippen LogP contribution in [-0.2, 0) is 11.8 Å². The summed E-state index contributed by atoms with van der Waals surface area (Å²) in [5.74, 6) is 1.01. The molecule has 0 aliphatic carbocycles. The molecule has 3 nitrogen and oxygen atoms in total. The van der Waals surface area contributed by atoms with Gasteiger partial charge in [0.1, 0.15) is 5.82 Å². The molecule has 0 aromatic carbocycles. The molecule has 2 aromatic heterocycles. The maximum Gasteiger partial charge on any atom is 0.128 e. The third-order valence-corrected chi connectivity index (χ3v) is 3.49. The number of hydrogen-bond acceptors (Lipinski definition) is 3. The lowest BCUT2D eigenvalue weighted by atomic mass is 10.2. The second-order valence-corrected chi connectivity index (χ2v) is 4.75. The van der Waals surface area contributed by atoms with E-state index < -0.39 is 0 Å². The molecule has 2 aromatic rings. The first-order valence-electron chi connectivity index (χ1n) is 5.90. The second kappa shape index (κ2) is 6.50. The fraction of sp³-hybridized carbons (Fsp3) is 0.286. The summed E-state index contributed by atoms with van der Waals surface area (Å²) in [5, 5.41) is 0.848. The van der Waals surface area contributed by atoms with Crippen LogP contribution in [-0.4, -0.2) is 23.6 Å². The van der Waals surface area contributed by atoms with Crippen LogP contribution in [0.4, 0.5) is 5.82 Å². The van der Waals surface area contributed by atoms with Crippen molar-refractivity contribution in [3.63, 3.8) is 0 Å². The number of aromatic nitrogens is 2. The highest BCUT2D eigenvalue weighted by molar-refractivity contribution is 9.08. The molecule has 0 saturated heterocycles. The highest BCUT2D eigenvalue weighted by Gasteiger charge is 2.02. The Labute approximate surface area is 116 Å². The minimum absolute atomic E-state index is 0.848. The Morgan fingerprint density at radius 1 is 1.11 bits per heavy atom. The van der Waals surface area contributed by atoms with Gasteiger partial charge in [-0.3, -0.25) is 4.98 Å². The molecule has 94 valence electrons. The van der Waals surface area contributed by atoms with E-state index in [2.05, 4.69) is 62.1 Å². The number of anilines is 1. The van der Waals surface area contributed by atoms with Crippen molar-refractivity contribution in [3.8, 4) is 0 Å². The Kier molecular flexibility index (Phi) is 4.70. The molecule has 0 bridgehead atoms. The van der Waals surface area contributed by atoms with Crippen molar-refractivity contribution in [1.82, 2.24) is 9.97 Å². The van der Waals surface area contributed by atoms with E-state index in [0.29, 0.717) is 0 Å². The van der Waals surface area contributed by atoms with E-state index in [1.54, 1.807) is 0 Å². The average molecular weight is 306 g/mol. The topological polar surface area (TPSA) is 29.0 Å². The van der Waals surface area contributed by atoms with Gasteiger partial charge in [0.2, 0.25) is 0 Å². The molecule has 0 fully saturated rings. The molecule has 0 aliphatic rings. The third kappa shape index (κ3) is 3.53. The molecule has 0 saturated carbocycles. The van der Waals surface area contributed by atoms with Crippen LogP contribution in [0.5, 0.6) is 0 Å². The normalized spacial score (nSPS) is 10.3. The van der Waals surface area contributed by atoms with Gasteiger partial charge in [-0.2, -0.15) is 0 Å². The van der Waals surface area contributed by atoms with Crippen molar-refractivity contribution < 1.29 is 0 Å². The number of halogens is 1. The van der Waals surface area contributed by atoms with E-state index in [4.69, 9.17) is 0 Å². The van der Waals surface area contributed by atoms with E-state index in [1.165, 1.54) is 11.1 Å². The van der Waals surface area contributed by atoms with E-state index >= 15 is 0 Å². The Bertz CT molecular complexity index is 470. The summed E-state index contributed by atoms with van der Waals surface area (Å²) in [6, 6.07) is 8.26. The van der Waals surface area contributed by atoms with Gasteiger partial charge < -0.3 is 4.90 Å². The van der Waals surface area contributed by atoms with E-state index in [-0.39, 0.29) is 0 Å². The quantitative estimate of drug-likeness (QED) is 0.795. The van der Waals surface area contributed by atoms with Crippen LogP contribution in [0.15, 0.2) is 42.9 Å². The number of alkyl halides is 1. The maximum atomic E-state index is 4.45. The summed E-state index contributed by atoms with van der Waals surface area (Å²) in [6.45, 7) is 0.949. The Hall–Kier alpha value is -1.42. The van der Waals surface area contributed by atoms with Crippen LogP contribution in [0.1, 0.15) is 11.1 Å². The average Bonchev–Trinajstić information content (AvgIpc) is 2.46. The summed E-state index contributed by atoms with van der Waals surface area (Å²) >= 11 is 3.42. The van der Waals surface area contributed by atoms with Gasteiger partial charge in [0, 0.05) is 37.5 Å². The summed E-state index contributed by atoms with van der Waals surface area (Å²) < 4.78 is 0. The second-order valence-electron chi connectivity index (χ2n) is 4.19. The molecular formula is C14H16BrN3. The highest BCUT2D eigenvalue weighted by atomic mass is 79.9. The van der Waals surface area contributed by atoms with Crippen molar-refractivity contribution >= 4 is 21.7 Å². The largest absolute Gasteiger partial charge is 0.359 e. The molecule has 4 heteroatoms. The van der Waals surface area contributed by atoms with Gasteiger partial charge in [-0.05, 0) is 35.7 Å². The molecule has 18 heavy (non-hydrogen) atoms. The molecular weight excluding hydrogens is 290 g/mol. The molecule has 0 atom stereocenters. The fourth-order valence-electron chi connectivity index (χ4n) is 1.68. The Morgan fingerprint density at radius 2 is 1.89 bits per heavy atom. The van der Waals surface area contributed by atoms with Crippen LogP contribution in [0, 0.1) is 0 Å². The van der Waals surface area contributed by atoms with Gasteiger partial charge in [-0.25, -0.2) is 4.98 Å². The summed E-state index contributed by atoms with van der Waals surface area (Å²) in [7, 11) is 2.07. The lowest BCUT2D eigenvalue weighted by Gasteiger charge is -2.18. The summed E-state index contributed by atoms with van der Waals surface area (Å²) in [6.07, 6.45) is 6.57.